The summed E-state index contributed by atoms with van der Waals surface area (Å²) >= 11 is 0. The number of carbonyl (C=O) groups excluding carboxylic acids is 1. The normalized spacial score (nSPS) is 15.1. The van der Waals surface area contributed by atoms with Crippen molar-refractivity contribution in [2.45, 2.75) is 20.3 Å². The maximum Gasteiger partial charge on any atom is 0.236 e. The van der Waals surface area contributed by atoms with Crippen molar-refractivity contribution in [3.05, 3.63) is 24.3 Å². The van der Waals surface area contributed by atoms with Crippen LogP contribution in [0.5, 0.6) is 5.75 Å². The highest BCUT2D eigenvalue weighted by Crippen LogP contribution is 2.28. The minimum Gasteiger partial charge on any atom is -0.495 e. The molecule has 5 heteroatoms. The van der Waals surface area contributed by atoms with Crippen molar-refractivity contribution in [3.8, 4) is 5.75 Å². The van der Waals surface area contributed by atoms with Crippen LogP contribution in [0.15, 0.2) is 24.3 Å². The third kappa shape index (κ3) is 5.13. The Bertz CT molecular complexity index is 497. The van der Waals surface area contributed by atoms with E-state index in [9.17, 15) is 4.79 Å². The number of ether oxygens (including phenoxy) is 1. The molecule has 1 amide bonds. The van der Waals surface area contributed by atoms with Crippen molar-refractivity contribution in [3.63, 3.8) is 0 Å². The molecule has 1 aliphatic rings. The van der Waals surface area contributed by atoms with E-state index in [1.807, 2.05) is 23.1 Å². The third-order valence-electron chi connectivity index (χ3n) is 4.23. The second-order valence-corrected chi connectivity index (χ2v) is 6.40. The van der Waals surface area contributed by atoms with Crippen LogP contribution in [0.3, 0.4) is 0 Å². The number of amides is 1. The van der Waals surface area contributed by atoms with Gasteiger partial charge in [0.25, 0.3) is 0 Å². The Morgan fingerprint density at radius 2 is 1.91 bits per heavy atom. The minimum atomic E-state index is 0.202. The number of nitrogens with zero attached hydrogens (tertiary/aromatic N) is 2. The van der Waals surface area contributed by atoms with Crippen molar-refractivity contribution < 1.29 is 9.53 Å². The number of methoxy groups -OCH3 is 1. The van der Waals surface area contributed by atoms with Gasteiger partial charge in [0.1, 0.15) is 5.75 Å². The standard InChI is InChI=1S/C18H29N3O2/c1-15(2)8-9-19-14-18(22)21-12-10-20(11-13-21)16-6-4-5-7-17(16)23-3/h4-7,15,19H,8-14H2,1-3H3. The van der Waals surface area contributed by atoms with Crippen LogP contribution in [0.4, 0.5) is 5.69 Å². The van der Waals surface area contributed by atoms with Gasteiger partial charge in [-0.3, -0.25) is 4.79 Å². The van der Waals surface area contributed by atoms with Gasteiger partial charge in [0.05, 0.1) is 19.3 Å². The Labute approximate surface area is 139 Å². The second-order valence-electron chi connectivity index (χ2n) is 6.40. The molecule has 128 valence electrons. The first-order valence-corrected chi connectivity index (χ1v) is 8.48. The fourth-order valence-electron chi connectivity index (χ4n) is 2.79. The van der Waals surface area contributed by atoms with Gasteiger partial charge in [-0.25, -0.2) is 0 Å². The molecule has 1 aromatic rings. The summed E-state index contributed by atoms with van der Waals surface area (Å²) < 4.78 is 5.43. The Kier molecular flexibility index (Phi) is 6.71. The zero-order chi connectivity index (χ0) is 16.7. The molecule has 0 atom stereocenters. The number of hydrogen-bond acceptors (Lipinski definition) is 4. The molecule has 0 bridgehead atoms. The topological polar surface area (TPSA) is 44.8 Å². The summed E-state index contributed by atoms with van der Waals surface area (Å²) in [6.45, 7) is 8.97. The van der Waals surface area contributed by atoms with Crippen LogP contribution >= 0.6 is 0 Å². The number of carbonyl (C=O) groups is 1. The zero-order valence-electron chi connectivity index (χ0n) is 14.5. The molecule has 1 N–H and O–H groups in total. The maximum atomic E-state index is 12.2. The van der Waals surface area contributed by atoms with Crippen LogP contribution in [0.1, 0.15) is 20.3 Å². The fraction of sp³-hybridized carbons (Fsp3) is 0.611. The van der Waals surface area contributed by atoms with Gasteiger partial charge in [-0.2, -0.15) is 0 Å². The highest BCUT2D eigenvalue weighted by molar-refractivity contribution is 5.78. The van der Waals surface area contributed by atoms with E-state index in [4.69, 9.17) is 4.74 Å². The first-order valence-electron chi connectivity index (χ1n) is 8.48. The quantitative estimate of drug-likeness (QED) is 0.781. The first kappa shape index (κ1) is 17.6. The first-order chi connectivity index (χ1) is 11.1. The average molecular weight is 319 g/mol. The second kappa shape index (κ2) is 8.77. The smallest absolute Gasteiger partial charge is 0.236 e. The molecule has 5 nitrogen and oxygen atoms in total. The lowest BCUT2D eigenvalue weighted by molar-refractivity contribution is -0.130. The van der Waals surface area contributed by atoms with Crippen LogP contribution < -0.4 is 15.0 Å². The number of piperazine rings is 1. The van der Waals surface area contributed by atoms with Gasteiger partial charge in [-0.15, -0.1) is 0 Å². The monoisotopic (exact) mass is 319 g/mol. The van der Waals surface area contributed by atoms with E-state index < -0.39 is 0 Å². The molecular weight excluding hydrogens is 290 g/mol. The van der Waals surface area contributed by atoms with Crippen LogP contribution in [0.25, 0.3) is 0 Å². The molecule has 0 saturated carbocycles. The Hall–Kier alpha value is -1.75. The van der Waals surface area contributed by atoms with Gasteiger partial charge < -0.3 is 19.9 Å². The summed E-state index contributed by atoms with van der Waals surface area (Å²) in [6.07, 6.45) is 1.11. The van der Waals surface area contributed by atoms with Gasteiger partial charge in [-0.05, 0) is 31.0 Å². The van der Waals surface area contributed by atoms with E-state index >= 15 is 0 Å². The van der Waals surface area contributed by atoms with Crippen molar-refractivity contribution >= 4 is 11.6 Å². The van der Waals surface area contributed by atoms with Crippen LogP contribution in [0.2, 0.25) is 0 Å². The summed E-state index contributed by atoms with van der Waals surface area (Å²) in [7, 11) is 1.70. The molecule has 0 radical (unpaired) electrons. The van der Waals surface area contributed by atoms with E-state index in [0.29, 0.717) is 12.5 Å². The molecule has 2 rings (SSSR count). The summed E-state index contributed by atoms with van der Waals surface area (Å²) in [5.41, 5.74) is 1.11. The van der Waals surface area contributed by atoms with Gasteiger partial charge in [0, 0.05) is 26.2 Å². The van der Waals surface area contributed by atoms with Crippen LogP contribution in [-0.4, -0.2) is 57.2 Å². The van der Waals surface area contributed by atoms with E-state index in [-0.39, 0.29) is 5.91 Å². The summed E-state index contributed by atoms with van der Waals surface area (Å²) in [5.74, 6) is 1.76. The summed E-state index contributed by atoms with van der Waals surface area (Å²) in [4.78, 5) is 16.5. The van der Waals surface area contributed by atoms with Crippen molar-refractivity contribution in [1.29, 1.82) is 0 Å². The van der Waals surface area contributed by atoms with Gasteiger partial charge in [0.2, 0.25) is 5.91 Å². The number of nitrogens with one attached hydrogen (secondary N) is 1. The van der Waals surface area contributed by atoms with E-state index in [1.54, 1.807) is 7.11 Å². The van der Waals surface area contributed by atoms with Gasteiger partial charge >= 0.3 is 0 Å². The van der Waals surface area contributed by atoms with E-state index in [0.717, 1.165) is 50.6 Å². The van der Waals surface area contributed by atoms with E-state index in [1.165, 1.54) is 0 Å². The summed E-state index contributed by atoms with van der Waals surface area (Å²) in [6, 6.07) is 8.05. The number of anilines is 1. The lowest BCUT2D eigenvalue weighted by atomic mass is 10.1. The molecule has 0 aromatic heterocycles. The number of benzene rings is 1. The molecular formula is C18H29N3O2. The SMILES string of the molecule is COc1ccccc1N1CCN(C(=O)CNCCC(C)C)CC1. The number of rotatable bonds is 7. The third-order valence-corrected chi connectivity index (χ3v) is 4.23. The Morgan fingerprint density at radius 3 is 2.57 bits per heavy atom. The van der Waals surface area contributed by atoms with Gasteiger partial charge in [-0.1, -0.05) is 26.0 Å². The molecule has 1 saturated heterocycles. The number of hydrogen-bond donors (Lipinski definition) is 1. The molecule has 23 heavy (non-hydrogen) atoms. The van der Waals surface area contributed by atoms with Crippen LogP contribution in [-0.2, 0) is 4.79 Å². The fourth-order valence-corrected chi connectivity index (χ4v) is 2.79. The van der Waals surface area contributed by atoms with Crippen molar-refractivity contribution in [2.24, 2.45) is 5.92 Å². The van der Waals surface area contributed by atoms with Crippen molar-refractivity contribution in [1.82, 2.24) is 10.2 Å². The lowest BCUT2D eigenvalue weighted by Gasteiger charge is -2.36. The molecule has 1 aliphatic heterocycles. The van der Waals surface area contributed by atoms with E-state index in [2.05, 4.69) is 30.1 Å². The highest BCUT2D eigenvalue weighted by atomic mass is 16.5. The predicted octanol–water partition coefficient (Wildman–Crippen LogP) is 1.98. The maximum absolute atomic E-state index is 12.2. The molecule has 1 fully saturated rings. The largest absolute Gasteiger partial charge is 0.495 e. The van der Waals surface area contributed by atoms with Crippen LogP contribution in [0, 0.1) is 5.92 Å². The average Bonchev–Trinajstić information content (AvgIpc) is 2.58. The zero-order valence-corrected chi connectivity index (χ0v) is 14.5. The number of para-hydroxylation sites is 2. The molecule has 1 aromatic carbocycles. The Balaban J connectivity index is 1.78. The van der Waals surface area contributed by atoms with Crippen molar-refractivity contribution in [2.75, 3.05) is 51.3 Å². The molecule has 0 spiro atoms. The summed E-state index contributed by atoms with van der Waals surface area (Å²) in [5, 5.41) is 3.25. The molecule has 0 unspecified atom stereocenters. The highest BCUT2D eigenvalue weighted by Gasteiger charge is 2.22. The molecule has 1 heterocycles. The minimum absolute atomic E-state index is 0.202. The predicted molar refractivity (Wildman–Crippen MR) is 94.1 cm³/mol. The molecule has 0 aliphatic carbocycles. The van der Waals surface area contributed by atoms with Gasteiger partial charge in [0.15, 0.2) is 0 Å². The lowest BCUT2D eigenvalue weighted by Crippen LogP contribution is -2.51. The Morgan fingerprint density at radius 1 is 1.22 bits per heavy atom.